The fraction of sp³-hybridized carbons (Fsp3) is 0.408. The number of aryl methyl sites for hydroxylation is 1. The van der Waals surface area contributed by atoms with Crippen LogP contribution in [0.5, 0.6) is 11.5 Å². The molecule has 117 heavy (non-hydrogen) atoms. The van der Waals surface area contributed by atoms with Crippen LogP contribution >= 0.6 is 45.1 Å². The molecule has 0 radical (unpaired) electrons. The zero-order valence-electron chi connectivity index (χ0n) is 62.6. The average molecular weight is 1760 g/mol. The summed E-state index contributed by atoms with van der Waals surface area (Å²) in [7, 11) is -22.9. The molecule has 2 aromatic heterocycles. The molecule has 39 nitrogen and oxygen atoms in total. The van der Waals surface area contributed by atoms with Gasteiger partial charge in [-0.3, -0.25) is 42.7 Å². The van der Waals surface area contributed by atoms with E-state index in [1.54, 1.807) is 48.5 Å². The highest BCUT2D eigenvalue weighted by Crippen LogP contribution is 2.66. The largest absolute Gasteiger partial charge is 0.491 e. The number of fused-ring (bicyclic) bond motifs is 5. The number of hydrogen-bond donors (Lipinski definition) is 11. The minimum absolute atomic E-state index is 0.00390. The summed E-state index contributed by atoms with van der Waals surface area (Å²) in [5, 5.41) is 11.6. The highest BCUT2D eigenvalue weighted by molar-refractivity contribution is 8.76. The third-order valence-corrected chi connectivity index (χ3v) is 26.3. The van der Waals surface area contributed by atoms with E-state index in [0.717, 1.165) is 52.8 Å². The van der Waals surface area contributed by atoms with Crippen LogP contribution in [0.4, 0.5) is 11.6 Å². The zero-order valence-corrected chi connectivity index (χ0v) is 68.5. The molecule has 4 aromatic carbocycles. The molecule has 8 atom stereocenters. The Morgan fingerprint density at radius 3 is 2.34 bits per heavy atom. The number of phosphoric acid groups is 3. The van der Waals surface area contributed by atoms with E-state index >= 15 is 0 Å². The number of esters is 1. The van der Waals surface area contributed by atoms with Crippen molar-refractivity contribution < 1.29 is 120 Å². The molecule has 5 aliphatic rings. The predicted octanol–water partition coefficient (Wildman–Crippen LogP) is 7.40. The number of likely N-dealkylation sites (tertiary alicyclic amines) is 1. The maximum atomic E-state index is 14.4. The number of allylic oxidation sites excluding steroid dienone is 1. The number of carbonyl (C=O) groups is 4. The van der Waals surface area contributed by atoms with Gasteiger partial charge in [0.15, 0.2) is 11.9 Å². The van der Waals surface area contributed by atoms with E-state index in [9.17, 15) is 78.9 Å². The van der Waals surface area contributed by atoms with Crippen LogP contribution in [0.1, 0.15) is 116 Å². The number of hydrogen-bond acceptors (Lipinski definition) is 28. The van der Waals surface area contributed by atoms with Crippen molar-refractivity contribution in [3.63, 3.8) is 0 Å². The normalized spacial score (nSPS) is 18.9. The maximum Gasteiger partial charge on any atom is 0.490 e. The van der Waals surface area contributed by atoms with E-state index in [-0.39, 0.29) is 109 Å². The summed E-state index contributed by atoms with van der Waals surface area (Å²) >= 11 is 0. The molecule has 12 N–H and O–H groups in total. The highest BCUT2D eigenvalue weighted by atomic mass is 33.1. The molecule has 46 heteroatoms. The van der Waals surface area contributed by atoms with Gasteiger partial charge in [-0.15, -0.1) is 0 Å². The number of aromatic amines is 1. The van der Waals surface area contributed by atoms with Crippen molar-refractivity contribution in [2.75, 3.05) is 107 Å². The number of amides is 3. The van der Waals surface area contributed by atoms with Gasteiger partial charge >= 0.3 is 29.4 Å². The minimum Gasteiger partial charge on any atom is -0.491 e. The Bertz CT molecular complexity index is 5440. The highest BCUT2D eigenvalue weighted by Gasteiger charge is 2.46. The van der Waals surface area contributed by atoms with Gasteiger partial charge in [0.05, 0.1) is 60.4 Å². The molecule has 4 aliphatic heterocycles. The third-order valence-electron chi connectivity index (χ3n) is 18.7. The number of anilines is 2. The van der Waals surface area contributed by atoms with E-state index in [2.05, 4.69) is 78.3 Å². The Kier molecular flexibility index (Phi) is 30.0. The predicted molar refractivity (Wildman–Crippen MR) is 427 cm³/mol. The molecule has 0 spiro atoms. The molecule has 2 saturated heterocycles. The molecule has 0 saturated carbocycles. The van der Waals surface area contributed by atoms with Gasteiger partial charge in [0.25, 0.3) is 37.6 Å². The lowest BCUT2D eigenvalue weighted by Gasteiger charge is -2.40. The van der Waals surface area contributed by atoms with E-state index in [4.69, 9.17) is 48.5 Å². The third kappa shape index (κ3) is 24.5. The van der Waals surface area contributed by atoms with Gasteiger partial charge in [-0.25, -0.2) is 18.5 Å². The summed E-state index contributed by atoms with van der Waals surface area (Å²) in [6, 6.07) is 23.5. The van der Waals surface area contributed by atoms with E-state index in [1.165, 1.54) is 44.5 Å². The standard InChI is InChI=1S/C71H83N12O27P3S4/c1-43(115-114-2)49-18-3-6-21-52(49)70(88)108-59-38-63(107-60(59)40-105-112(92,93)110-113(94,95)109-111(89,90)91)83-39-47(64-66(83)77-71(72)78-69(64)87)14-8-22-74-61(84)41-102-29-30-103-62(79-80-73)42-104-48-17-7-13-46(33-48)67(85)75-23-24-76-68(86)51-20-5-4-19-50(51)65-53-34-44-15-9-25-81(27-11-31-116(96,97)98)55(44)36-57(53)106-58-37-56-45(35-54(58)65)16-10-26-82(56)28-12-32-117(99,100)101/h3-7,13,17-21,33-37,39,43,55,59-60,62-63H,9-12,15-16,22-32,38,40-42H2,1-2H3,(H,74,84)(H,75,85)(H,76,86)(H,92,93)(H,94,95)(H2,89,90,91)(H,96,97,98)(H,99,100,101)(H3,72,77,78,87)/t43?,55?,59?,60-,62?,63-/m1/s1. The second kappa shape index (κ2) is 39.4. The van der Waals surface area contributed by atoms with Gasteiger partial charge in [0.1, 0.15) is 48.9 Å². The minimum atomic E-state index is -5.94. The van der Waals surface area contributed by atoms with Crippen molar-refractivity contribution in [3.05, 3.63) is 185 Å². The van der Waals surface area contributed by atoms with Gasteiger partial charge < -0.3 is 79.1 Å². The summed E-state index contributed by atoms with van der Waals surface area (Å²) < 4.78 is 152. The summed E-state index contributed by atoms with van der Waals surface area (Å²) in [6.07, 6.45) is 5.08. The number of piperidine rings is 1. The van der Waals surface area contributed by atoms with Crippen LogP contribution in [0.25, 0.3) is 27.0 Å². The summed E-state index contributed by atoms with van der Waals surface area (Å²) in [5.41, 5.74) is 21.4. The Balaban J connectivity index is 0.666. The van der Waals surface area contributed by atoms with Crippen LogP contribution in [0, 0.1) is 11.8 Å². The van der Waals surface area contributed by atoms with E-state index < -0.39 is 122 Å². The Labute approximate surface area is 677 Å². The van der Waals surface area contributed by atoms with Gasteiger partial charge in [0, 0.05) is 95.1 Å². The molecule has 0 bridgehead atoms. The second-order valence-corrected chi connectivity index (χ2v) is 37.3. The number of H-pyrrole nitrogens is 1. The first kappa shape index (κ1) is 89.0. The quantitative estimate of drug-likeness (QED) is 0.00207. The molecule has 11 rings (SSSR count). The number of nitrogen functional groups attached to an aromatic ring is 1. The van der Waals surface area contributed by atoms with Crippen molar-refractivity contribution in [1.82, 2.24) is 35.4 Å². The molecule has 1 aliphatic carbocycles. The summed E-state index contributed by atoms with van der Waals surface area (Å²) in [5.74, 6) is 3.18. The zero-order chi connectivity index (χ0) is 84.0. The SMILES string of the molecule is CSSC(C)c1ccccc1C(=O)OC1C[C@H](n2cc(C#CCNC(=O)COCCOC(COc3cccc(C(=O)NCCNC(=O)c4ccccc4C4=C5C=C6CCCN(CCCS(=O)(=O)O)C6C=C5Oc5cc6c(cc54)CCCN6CCCS(=O)(=O)O)c3)N=[N+]=[N-])c3c(=O)[nH]c(N)nc32)O[C@@H]1COP(=O)(O)OP(=O)(O)OP(=O)(O)O. The van der Waals surface area contributed by atoms with Crippen LogP contribution in [0.2, 0.25) is 0 Å². The lowest BCUT2D eigenvalue weighted by Crippen LogP contribution is -2.42. The first-order valence-corrected chi connectivity index (χ1v) is 46.6. The number of ether oxygens (including phenoxy) is 6. The average Bonchev–Trinajstić information content (AvgIpc) is 1.41. The maximum absolute atomic E-state index is 14.4. The van der Waals surface area contributed by atoms with Gasteiger partial charge in [-0.05, 0) is 135 Å². The Morgan fingerprint density at radius 1 is 0.872 bits per heavy atom. The molecule has 6 aromatic rings. The topological polar surface area (TPSA) is 560 Å². The first-order valence-electron chi connectivity index (χ1n) is 36.2. The van der Waals surface area contributed by atoms with Gasteiger partial charge in [-0.1, -0.05) is 81.0 Å². The lowest BCUT2D eigenvalue weighted by atomic mass is 9.80. The van der Waals surface area contributed by atoms with Crippen LogP contribution in [0.15, 0.2) is 130 Å². The molecule has 6 heterocycles. The van der Waals surface area contributed by atoms with Crippen molar-refractivity contribution in [2.24, 2.45) is 5.11 Å². The van der Waals surface area contributed by atoms with Gasteiger partial charge in [0.2, 0.25) is 11.9 Å². The van der Waals surface area contributed by atoms with Crippen molar-refractivity contribution in [2.45, 2.75) is 87.8 Å². The number of benzene rings is 4. The van der Waals surface area contributed by atoms with Gasteiger partial charge in [-0.2, -0.15) is 30.4 Å². The number of nitrogens with two attached hydrogens (primary N) is 1. The molecular formula is C71H83N12O27P3S4. The van der Waals surface area contributed by atoms with Crippen LogP contribution < -0.4 is 41.6 Å². The molecule has 6 unspecified atom stereocenters. The Hall–Kier alpha value is -8.76. The van der Waals surface area contributed by atoms with E-state index in [1.807, 2.05) is 37.5 Å². The summed E-state index contributed by atoms with van der Waals surface area (Å²) in [4.78, 5) is 120. The number of aromatic nitrogens is 3. The smallest absolute Gasteiger partial charge is 0.490 e. The second-order valence-electron chi connectivity index (χ2n) is 26.9. The number of azide groups is 1. The van der Waals surface area contributed by atoms with Crippen LogP contribution in [0.3, 0.4) is 0 Å². The number of nitrogens with zero attached hydrogens (tertiary/aromatic N) is 7. The number of carbonyl (C=O) groups excluding carboxylic acids is 4. The fourth-order valence-corrected chi connectivity index (χ4v) is 19.6. The van der Waals surface area contributed by atoms with Crippen LogP contribution in [-0.4, -0.2) is 210 Å². The molecule has 2 fully saturated rings. The number of phosphoric ester groups is 1. The number of nitrogens with one attached hydrogen (secondary N) is 4. The van der Waals surface area contributed by atoms with Crippen molar-refractivity contribution in [1.29, 1.82) is 0 Å². The Morgan fingerprint density at radius 2 is 1.60 bits per heavy atom. The first-order chi connectivity index (χ1) is 55.6. The molecular weight excluding hydrogens is 1670 g/mol. The monoisotopic (exact) mass is 1760 g/mol. The summed E-state index contributed by atoms with van der Waals surface area (Å²) in [6.45, 7) is 1.46. The van der Waals surface area contributed by atoms with Crippen LogP contribution in [-0.2, 0) is 77.2 Å². The fourth-order valence-electron chi connectivity index (χ4n) is 13.8. The molecule has 3 amide bonds. The number of rotatable bonds is 38. The molecule has 628 valence electrons. The van der Waals surface area contributed by atoms with Crippen molar-refractivity contribution >= 4 is 117 Å². The van der Waals surface area contributed by atoms with E-state index in [0.29, 0.717) is 60.8 Å². The lowest BCUT2D eigenvalue weighted by molar-refractivity contribution is -0.126. The van der Waals surface area contributed by atoms with Crippen molar-refractivity contribution in [3.8, 4) is 23.3 Å².